The first-order valence-corrected chi connectivity index (χ1v) is 9.36. The molecule has 3 aliphatic heterocycles. The van der Waals surface area contributed by atoms with Gasteiger partial charge in [0.1, 0.15) is 5.54 Å². The summed E-state index contributed by atoms with van der Waals surface area (Å²) in [5.74, 6) is 0.0326. The highest BCUT2D eigenvalue weighted by Crippen LogP contribution is 2.39. The maximum absolute atomic E-state index is 12.9. The van der Waals surface area contributed by atoms with Gasteiger partial charge >= 0.3 is 6.03 Å². The van der Waals surface area contributed by atoms with Crippen molar-refractivity contribution in [1.29, 1.82) is 0 Å². The lowest BCUT2D eigenvalue weighted by Crippen LogP contribution is -2.49. The summed E-state index contributed by atoms with van der Waals surface area (Å²) in [5.41, 5.74) is 0.728. The van der Waals surface area contributed by atoms with E-state index < -0.39 is 5.54 Å². The SMILES string of the molecule is CC12CCCN1C(=O)N(C1CCN(CCc3ccncc3)CC1)C2=O. The van der Waals surface area contributed by atoms with Crippen molar-refractivity contribution < 1.29 is 9.59 Å². The minimum atomic E-state index is -0.574. The van der Waals surface area contributed by atoms with E-state index in [1.807, 2.05) is 19.3 Å². The number of fused-ring (bicyclic) bond motifs is 1. The van der Waals surface area contributed by atoms with Crippen LogP contribution in [0, 0.1) is 0 Å². The van der Waals surface area contributed by atoms with Crippen molar-refractivity contribution in [2.45, 2.75) is 50.6 Å². The van der Waals surface area contributed by atoms with Crippen LogP contribution in [0.1, 0.15) is 38.2 Å². The Morgan fingerprint density at radius 3 is 2.56 bits per heavy atom. The van der Waals surface area contributed by atoms with Crippen LogP contribution in [0.5, 0.6) is 0 Å². The summed E-state index contributed by atoms with van der Waals surface area (Å²) in [6, 6.07) is 4.13. The Morgan fingerprint density at radius 1 is 1.16 bits per heavy atom. The molecule has 0 aliphatic carbocycles. The molecule has 1 unspecified atom stereocenters. The van der Waals surface area contributed by atoms with E-state index in [2.05, 4.69) is 22.0 Å². The average Bonchev–Trinajstić information content (AvgIpc) is 3.12. The molecule has 4 rings (SSSR count). The van der Waals surface area contributed by atoms with E-state index in [1.165, 1.54) is 5.56 Å². The number of amides is 3. The second-order valence-corrected chi connectivity index (χ2v) is 7.67. The molecule has 3 aliphatic rings. The molecule has 3 saturated heterocycles. The molecule has 0 saturated carbocycles. The molecular formula is C19H26N4O2. The van der Waals surface area contributed by atoms with Crippen LogP contribution in [0.4, 0.5) is 4.79 Å². The zero-order chi connectivity index (χ0) is 17.4. The van der Waals surface area contributed by atoms with Crippen molar-refractivity contribution in [3.8, 4) is 0 Å². The maximum atomic E-state index is 12.9. The van der Waals surface area contributed by atoms with E-state index in [0.29, 0.717) is 0 Å². The number of carbonyl (C=O) groups excluding carboxylic acids is 2. The van der Waals surface area contributed by atoms with Gasteiger partial charge in [0.15, 0.2) is 0 Å². The van der Waals surface area contributed by atoms with Gasteiger partial charge in [0.2, 0.25) is 0 Å². The van der Waals surface area contributed by atoms with Crippen molar-refractivity contribution in [1.82, 2.24) is 19.7 Å². The molecule has 25 heavy (non-hydrogen) atoms. The molecule has 4 heterocycles. The molecule has 1 atom stereocenters. The van der Waals surface area contributed by atoms with Crippen molar-refractivity contribution in [3.05, 3.63) is 30.1 Å². The molecule has 0 N–H and O–H groups in total. The summed E-state index contributed by atoms with van der Waals surface area (Å²) in [5, 5.41) is 0. The molecule has 0 spiro atoms. The van der Waals surface area contributed by atoms with E-state index in [9.17, 15) is 9.59 Å². The normalized spacial score (nSPS) is 28.0. The standard InChI is InChI=1S/C19H26N4O2/c1-19-8-2-11-22(19)18(25)23(17(19)24)16-6-13-21(14-7-16)12-5-15-3-9-20-10-4-15/h3-4,9-10,16H,2,5-8,11-14H2,1H3. The van der Waals surface area contributed by atoms with E-state index in [0.717, 1.165) is 58.3 Å². The number of hydrogen-bond donors (Lipinski definition) is 0. The number of imide groups is 1. The first-order valence-electron chi connectivity index (χ1n) is 9.36. The van der Waals surface area contributed by atoms with Gasteiger partial charge in [-0.3, -0.25) is 14.7 Å². The first kappa shape index (κ1) is 16.5. The Bertz CT molecular complexity index is 657. The monoisotopic (exact) mass is 342 g/mol. The second-order valence-electron chi connectivity index (χ2n) is 7.67. The molecule has 0 bridgehead atoms. The van der Waals surface area contributed by atoms with Crippen molar-refractivity contribution in [2.24, 2.45) is 0 Å². The summed E-state index contributed by atoms with van der Waals surface area (Å²) < 4.78 is 0. The highest BCUT2D eigenvalue weighted by Gasteiger charge is 2.57. The fourth-order valence-corrected chi connectivity index (χ4v) is 4.53. The van der Waals surface area contributed by atoms with E-state index in [-0.39, 0.29) is 18.0 Å². The van der Waals surface area contributed by atoms with Crippen LogP contribution >= 0.6 is 0 Å². The molecule has 0 aromatic carbocycles. The van der Waals surface area contributed by atoms with Gasteiger partial charge in [0, 0.05) is 44.6 Å². The molecule has 6 nitrogen and oxygen atoms in total. The van der Waals surface area contributed by atoms with Crippen LogP contribution in [0.2, 0.25) is 0 Å². The van der Waals surface area contributed by atoms with Crippen LogP contribution in [0.3, 0.4) is 0 Å². The van der Waals surface area contributed by atoms with Crippen LogP contribution in [-0.4, -0.2) is 69.4 Å². The van der Waals surface area contributed by atoms with Crippen LogP contribution in [0.15, 0.2) is 24.5 Å². The Labute approximate surface area is 148 Å². The molecule has 3 fully saturated rings. The quantitative estimate of drug-likeness (QED) is 0.784. The van der Waals surface area contributed by atoms with Gasteiger partial charge < -0.3 is 9.80 Å². The average molecular weight is 342 g/mol. The number of urea groups is 1. The van der Waals surface area contributed by atoms with Gasteiger partial charge in [-0.2, -0.15) is 0 Å². The summed E-state index contributed by atoms with van der Waals surface area (Å²) in [6.07, 6.45) is 8.20. The Balaban J connectivity index is 1.33. The number of nitrogens with zero attached hydrogens (tertiary/aromatic N) is 4. The fraction of sp³-hybridized carbons (Fsp3) is 0.632. The number of aromatic nitrogens is 1. The lowest BCUT2D eigenvalue weighted by Gasteiger charge is -2.35. The van der Waals surface area contributed by atoms with Crippen molar-refractivity contribution in [3.63, 3.8) is 0 Å². The first-order chi connectivity index (χ1) is 12.1. The molecule has 6 heteroatoms. The Hall–Kier alpha value is -1.95. The number of hydrogen-bond acceptors (Lipinski definition) is 4. The molecule has 134 valence electrons. The Kier molecular flexibility index (Phi) is 4.23. The van der Waals surface area contributed by atoms with Gasteiger partial charge in [0.05, 0.1) is 0 Å². The Morgan fingerprint density at radius 2 is 1.88 bits per heavy atom. The molecular weight excluding hydrogens is 316 g/mol. The summed E-state index contributed by atoms with van der Waals surface area (Å²) in [4.78, 5) is 35.4. The molecule has 1 aromatic heterocycles. The second kappa shape index (κ2) is 6.41. The van der Waals surface area contributed by atoms with Gasteiger partial charge in [-0.25, -0.2) is 4.79 Å². The third kappa shape index (κ3) is 2.82. The third-order valence-electron chi connectivity index (χ3n) is 6.15. The summed E-state index contributed by atoms with van der Waals surface area (Å²) in [7, 11) is 0. The topological polar surface area (TPSA) is 56.8 Å². The predicted octanol–water partition coefficient (Wildman–Crippen LogP) is 1.91. The highest BCUT2D eigenvalue weighted by atomic mass is 16.2. The van der Waals surface area contributed by atoms with Gasteiger partial charge in [0.25, 0.3) is 5.91 Å². The maximum Gasteiger partial charge on any atom is 0.327 e. The number of carbonyl (C=O) groups is 2. The number of likely N-dealkylation sites (tertiary alicyclic amines) is 1. The minimum absolute atomic E-state index is 0.0326. The van der Waals surface area contributed by atoms with Crippen LogP contribution in [0.25, 0.3) is 0 Å². The number of rotatable bonds is 4. The van der Waals surface area contributed by atoms with Crippen LogP contribution in [-0.2, 0) is 11.2 Å². The van der Waals surface area contributed by atoms with Crippen molar-refractivity contribution >= 4 is 11.9 Å². The minimum Gasteiger partial charge on any atom is -0.310 e. The van der Waals surface area contributed by atoms with Gasteiger partial charge in [-0.1, -0.05) is 0 Å². The highest BCUT2D eigenvalue weighted by molar-refractivity contribution is 6.07. The van der Waals surface area contributed by atoms with Gasteiger partial charge in [-0.05, 0) is 56.7 Å². The van der Waals surface area contributed by atoms with E-state index in [4.69, 9.17) is 0 Å². The summed E-state index contributed by atoms with van der Waals surface area (Å²) >= 11 is 0. The van der Waals surface area contributed by atoms with E-state index in [1.54, 1.807) is 9.80 Å². The lowest BCUT2D eigenvalue weighted by molar-refractivity contribution is -0.134. The molecule has 1 aromatic rings. The fourth-order valence-electron chi connectivity index (χ4n) is 4.53. The smallest absolute Gasteiger partial charge is 0.310 e. The van der Waals surface area contributed by atoms with Crippen LogP contribution < -0.4 is 0 Å². The van der Waals surface area contributed by atoms with E-state index >= 15 is 0 Å². The summed E-state index contributed by atoms with van der Waals surface area (Å²) in [6.45, 7) is 5.57. The number of pyridine rings is 1. The lowest BCUT2D eigenvalue weighted by atomic mass is 9.97. The number of piperidine rings is 1. The third-order valence-corrected chi connectivity index (χ3v) is 6.15. The van der Waals surface area contributed by atoms with Gasteiger partial charge in [-0.15, -0.1) is 0 Å². The molecule has 0 radical (unpaired) electrons. The predicted molar refractivity (Wildman–Crippen MR) is 94.0 cm³/mol. The zero-order valence-electron chi connectivity index (χ0n) is 14.9. The molecule has 3 amide bonds. The van der Waals surface area contributed by atoms with Crippen molar-refractivity contribution in [2.75, 3.05) is 26.2 Å². The largest absolute Gasteiger partial charge is 0.327 e. The zero-order valence-corrected chi connectivity index (χ0v) is 14.9.